The second-order valence-corrected chi connectivity index (χ2v) is 10.7. The van der Waals surface area contributed by atoms with Gasteiger partial charge in [0.1, 0.15) is 11.6 Å². The van der Waals surface area contributed by atoms with Gasteiger partial charge in [-0.3, -0.25) is 15.1 Å². The van der Waals surface area contributed by atoms with E-state index in [1.165, 1.54) is 17.3 Å². The molecule has 7 nitrogen and oxygen atoms in total. The fourth-order valence-corrected chi connectivity index (χ4v) is 5.68. The van der Waals surface area contributed by atoms with E-state index in [0.29, 0.717) is 52.9 Å². The predicted molar refractivity (Wildman–Crippen MR) is 164 cm³/mol. The summed E-state index contributed by atoms with van der Waals surface area (Å²) in [5.74, 6) is 1.59. The Morgan fingerprint density at radius 3 is 2.52 bits per heavy atom. The standard InChI is InChI=1S/C31H28BrN3O4S/c1-3-37-27-18-21(17-25(32)28(27)39-15-7-14-38-23-12-10-20(2)11-13-23)16-24-29(33)35-26(22-8-5-4-6-9-22)19-40-31(35)34-30(24)36/h4-6,8-13,16-19,33H,3,7,14-15H2,1-2H3/b24-16-,33-29?. The number of halogens is 1. The number of benzene rings is 3. The first-order chi connectivity index (χ1) is 19.4. The van der Waals surface area contributed by atoms with Crippen molar-refractivity contribution >= 4 is 56.4 Å². The van der Waals surface area contributed by atoms with Crippen LogP contribution in [0, 0.1) is 12.3 Å². The first kappa shape index (κ1) is 27.7. The van der Waals surface area contributed by atoms with Crippen molar-refractivity contribution in [1.82, 2.24) is 4.90 Å². The molecule has 0 aromatic heterocycles. The van der Waals surface area contributed by atoms with Crippen LogP contribution in [0.5, 0.6) is 17.2 Å². The van der Waals surface area contributed by atoms with Gasteiger partial charge in [-0.25, -0.2) is 0 Å². The highest BCUT2D eigenvalue weighted by molar-refractivity contribution is 9.10. The summed E-state index contributed by atoms with van der Waals surface area (Å²) in [7, 11) is 0. The number of amidine groups is 2. The third kappa shape index (κ3) is 6.16. The van der Waals surface area contributed by atoms with Crippen LogP contribution in [0.25, 0.3) is 11.8 Å². The molecule has 9 heteroatoms. The van der Waals surface area contributed by atoms with Crippen molar-refractivity contribution in [2.45, 2.75) is 20.3 Å². The van der Waals surface area contributed by atoms with Gasteiger partial charge in [0.05, 0.1) is 35.6 Å². The van der Waals surface area contributed by atoms with Crippen molar-refractivity contribution in [3.05, 3.63) is 98.9 Å². The number of hydrogen-bond acceptors (Lipinski definition) is 6. The Labute approximate surface area is 246 Å². The third-order valence-corrected chi connectivity index (χ3v) is 7.57. The van der Waals surface area contributed by atoms with Gasteiger partial charge in [0.2, 0.25) is 0 Å². The second kappa shape index (κ2) is 12.6. The monoisotopic (exact) mass is 617 g/mol. The minimum absolute atomic E-state index is 0.0816. The quantitative estimate of drug-likeness (QED) is 0.190. The Balaban J connectivity index is 1.31. The largest absolute Gasteiger partial charge is 0.493 e. The number of amides is 1. The van der Waals surface area contributed by atoms with Crippen LogP contribution in [-0.4, -0.2) is 41.6 Å². The molecule has 1 N–H and O–H groups in total. The first-order valence-corrected chi connectivity index (χ1v) is 14.6. The highest BCUT2D eigenvalue weighted by Gasteiger charge is 2.36. The fourth-order valence-electron chi connectivity index (χ4n) is 4.21. The van der Waals surface area contributed by atoms with Gasteiger partial charge in [0.15, 0.2) is 16.7 Å². The van der Waals surface area contributed by atoms with E-state index in [1.807, 2.05) is 86.0 Å². The SMILES string of the molecule is CCOc1cc(/C=C2/C(=N)N3C(c4ccccc4)=CSC3=NC2=O)cc(Br)c1OCCCOc1ccc(C)cc1. The van der Waals surface area contributed by atoms with Crippen molar-refractivity contribution in [2.24, 2.45) is 4.99 Å². The summed E-state index contributed by atoms with van der Waals surface area (Å²) in [5, 5.41) is 11.3. The summed E-state index contributed by atoms with van der Waals surface area (Å²) < 4.78 is 18.4. The van der Waals surface area contributed by atoms with Crippen LogP contribution in [0.4, 0.5) is 0 Å². The molecule has 5 rings (SSSR count). The fraction of sp³-hybridized carbons (Fsp3) is 0.194. The van der Waals surface area contributed by atoms with Crippen molar-refractivity contribution < 1.29 is 19.0 Å². The molecule has 0 aliphatic carbocycles. The minimum atomic E-state index is -0.450. The van der Waals surface area contributed by atoms with E-state index in [1.54, 1.807) is 11.0 Å². The van der Waals surface area contributed by atoms with Crippen LogP contribution in [0.15, 0.2) is 87.2 Å². The number of hydrogen-bond donors (Lipinski definition) is 1. The number of nitrogens with zero attached hydrogens (tertiary/aromatic N) is 2. The third-order valence-electron chi connectivity index (χ3n) is 6.15. The zero-order chi connectivity index (χ0) is 28.1. The summed E-state index contributed by atoms with van der Waals surface area (Å²) >= 11 is 4.95. The predicted octanol–water partition coefficient (Wildman–Crippen LogP) is 7.31. The molecule has 204 valence electrons. The maximum atomic E-state index is 12.9. The topological polar surface area (TPSA) is 84.2 Å². The lowest BCUT2D eigenvalue weighted by molar-refractivity contribution is -0.114. The van der Waals surface area contributed by atoms with Crippen molar-refractivity contribution in [2.75, 3.05) is 19.8 Å². The molecule has 0 saturated heterocycles. The first-order valence-electron chi connectivity index (χ1n) is 12.9. The molecule has 2 aliphatic heterocycles. The summed E-state index contributed by atoms with van der Waals surface area (Å²) in [6.45, 7) is 5.34. The Kier molecular flexibility index (Phi) is 8.72. The van der Waals surface area contributed by atoms with Crippen LogP contribution >= 0.6 is 27.7 Å². The maximum absolute atomic E-state index is 12.9. The number of fused-ring (bicyclic) bond motifs is 1. The van der Waals surface area contributed by atoms with E-state index in [-0.39, 0.29) is 11.4 Å². The van der Waals surface area contributed by atoms with Crippen molar-refractivity contribution in [1.29, 1.82) is 5.41 Å². The molecule has 0 bridgehead atoms. The van der Waals surface area contributed by atoms with Crippen LogP contribution in [-0.2, 0) is 4.79 Å². The number of carbonyl (C=O) groups excluding carboxylic acids is 1. The van der Waals surface area contributed by atoms with Crippen molar-refractivity contribution in [3.8, 4) is 17.2 Å². The molecule has 3 aromatic carbocycles. The van der Waals surface area contributed by atoms with Crippen LogP contribution in [0.3, 0.4) is 0 Å². The highest BCUT2D eigenvalue weighted by atomic mass is 79.9. The Morgan fingerprint density at radius 1 is 1.02 bits per heavy atom. The molecule has 0 spiro atoms. The number of nitrogens with one attached hydrogen (secondary N) is 1. The molecular formula is C31H28BrN3O4S. The molecule has 0 unspecified atom stereocenters. The van der Waals surface area contributed by atoms with Gasteiger partial charge in [-0.05, 0) is 71.2 Å². The normalized spacial score (nSPS) is 15.6. The maximum Gasteiger partial charge on any atom is 0.283 e. The molecule has 0 radical (unpaired) electrons. The molecule has 2 heterocycles. The van der Waals surface area contributed by atoms with E-state index >= 15 is 0 Å². The number of carbonyl (C=O) groups is 1. The van der Waals surface area contributed by atoms with E-state index in [0.717, 1.165) is 17.0 Å². The van der Waals surface area contributed by atoms with Gasteiger partial charge in [-0.15, -0.1) is 0 Å². The van der Waals surface area contributed by atoms with Gasteiger partial charge >= 0.3 is 0 Å². The lowest BCUT2D eigenvalue weighted by atomic mass is 10.1. The van der Waals surface area contributed by atoms with Gasteiger partial charge in [0, 0.05) is 11.8 Å². The lowest BCUT2D eigenvalue weighted by Gasteiger charge is -2.27. The van der Waals surface area contributed by atoms with Crippen LogP contribution < -0.4 is 14.2 Å². The summed E-state index contributed by atoms with van der Waals surface area (Å²) in [4.78, 5) is 18.9. The number of thioether (sulfide) groups is 1. The van der Waals surface area contributed by atoms with Gasteiger partial charge in [-0.1, -0.05) is 59.8 Å². The molecule has 0 fully saturated rings. The number of aliphatic imine (C=N–C) groups is 1. The summed E-state index contributed by atoms with van der Waals surface area (Å²) in [6.07, 6.45) is 2.36. The Bertz CT molecular complexity index is 1520. The number of rotatable bonds is 10. The Hall–Kier alpha value is -3.82. The molecule has 0 saturated carbocycles. The Morgan fingerprint density at radius 2 is 1.77 bits per heavy atom. The van der Waals surface area contributed by atoms with Gasteiger partial charge < -0.3 is 14.2 Å². The van der Waals surface area contributed by atoms with Crippen LogP contribution in [0.1, 0.15) is 30.0 Å². The molecule has 1 amide bonds. The minimum Gasteiger partial charge on any atom is -0.493 e. The highest BCUT2D eigenvalue weighted by Crippen LogP contribution is 2.40. The van der Waals surface area contributed by atoms with Crippen LogP contribution in [0.2, 0.25) is 0 Å². The molecular weight excluding hydrogens is 590 g/mol. The smallest absolute Gasteiger partial charge is 0.283 e. The summed E-state index contributed by atoms with van der Waals surface area (Å²) in [5.41, 5.74) is 3.84. The molecule has 2 aliphatic rings. The summed E-state index contributed by atoms with van der Waals surface area (Å²) in [6, 6.07) is 21.4. The second-order valence-electron chi connectivity index (χ2n) is 9.06. The van der Waals surface area contributed by atoms with E-state index in [4.69, 9.17) is 19.6 Å². The van der Waals surface area contributed by atoms with Crippen molar-refractivity contribution in [3.63, 3.8) is 0 Å². The molecule has 40 heavy (non-hydrogen) atoms. The van der Waals surface area contributed by atoms with E-state index < -0.39 is 5.91 Å². The average molecular weight is 619 g/mol. The molecule has 3 aromatic rings. The zero-order valence-electron chi connectivity index (χ0n) is 22.1. The van der Waals surface area contributed by atoms with E-state index in [2.05, 4.69) is 20.9 Å². The zero-order valence-corrected chi connectivity index (χ0v) is 24.6. The lowest BCUT2D eigenvalue weighted by Crippen LogP contribution is -2.38. The van der Waals surface area contributed by atoms with Gasteiger partial charge in [-0.2, -0.15) is 4.99 Å². The van der Waals surface area contributed by atoms with Gasteiger partial charge in [0.25, 0.3) is 5.91 Å². The number of aryl methyl sites for hydroxylation is 1. The average Bonchev–Trinajstić information content (AvgIpc) is 3.37. The number of ether oxygens (including phenoxy) is 3. The molecule has 0 atom stereocenters. The van der Waals surface area contributed by atoms with E-state index in [9.17, 15) is 4.79 Å².